The Kier molecular flexibility index (Phi) is 4.53. The molecular formula is C16H14ClNO2. The Balaban J connectivity index is 2.53. The lowest BCUT2D eigenvalue weighted by molar-refractivity contribution is 0.103. The van der Waals surface area contributed by atoms with Crippen molar-refractivity contribution in [1.82, 2.24) is 0 Å². The van der Waals surface area contributed by atoms with Crippen LogP contribution in [0.25, 0.3) is 0 Å². The van der Waals surface area contributed by atoms with Crippen molar-refractivity contribution >= 4 is 23.1 Å². The SMILES string of the molecule is CO/N=C(\C)c1ccc(Cl)cc1C(=O)c1ccccc1. The fraction of sp³-hybridized carbons (Fsp3) is 0.125. The highest BCUT2D eigenvalue weighted by molar-refractivity contribution is 6.31. The number of oxime groups is 1. The predicted octanol–water partition coefficient (Wildman–Crippen LogP) is 3.94. The number of carbonyl (C=O) groups is 1. The largest absolute Gasteiger partial charge is 0.399 e. The molecule has 0 amide bonds. The summed E-state index contributed by atoms with van der Waals surface area (Å²) < 4.78 is 0. The number of hydrogen-bond acceptors (Lipinski definition) is 3. The van der Waals surface area contributed by atoms with Crippen molar-refractivity contribution < 1.29 is 9.63 Å². The van der Waals surface area contributed by atoms with Gasteiger partial charge >= 0.3 is 0 Å². The van der Waals surface area contributed by atoms with E-state index in [1.54, 1.807) is 37.3 Å². The molecule has 0 aliphatic heterocycles. The molecule has 0 fully saturated rings. The quantitative estimate of drug-likeness (QED) is 0.485. The number of ketones is 1. The molecule has 20 heavy (non-hydrogen) atoms. The summed E-state index contributed by atoms with van der Waals surface area (Å²) in [4.78, 5) is 17.3. The first-order chi connectivity index (χ1) is 9.63. The minimum absolute atomic E-state index is 0.0891. The molecule has 102 valence electrons. The highest BCUT2D eigenvalue weighted by atomic mass is 35.5. The van der Waals surface area contributed by atoms with Gasteiger partial charge in [0.15, 0.2) is 5.78 Å². The van der Waals surface area contributed by atoms with Gasteiger partial charge in [-0.2, -0.15) is 0 Å². The Morgan fingerprint density at radius 2 is 1.80 bits per heavy atom. The number of hydrogen-bond donors (Lipinski definition) is 0. The van der Waals surface area contributed by atoms with Crippen LogP contribution in [0.15, 0.2) is 53.7 Å². The zero-order chi connectivity index (χ0) is 14.5. The topological polar surface area (TPSA) is 38.7 Å². The summed E-state index contributed by atoms with van der Waals surface area (Å²) in [5, 5.41) is 4.39. The summed E-state index contributed by atoms with van der Waals surface area (Å²) in [6.07, 6.45) is 0. The molecule has 2 aromatic rings. The molecule has 0 bridgehead atoms. The summed E-state index contributed by atoms with van der Waals surface area (Å²) in [6.45, 7) is 1.79. The van der Waals surface area contributed by atoms with Crippen molar-refractivity contribution in [3.63, 3.8) is 0 Å². The van der Waals surface area contributed by atoms with Gasteiger partial charge in [-0.05, 0) is 19.1 Å². The fourth-order valence-electron chi connectivity index (χ4n) is 1.95. The average Bonchev–Trinajstić information content (AvgIpc) is 2.47. The van der Waals surface area contributed by atoms with E-state index >= 15 is 0 Å². The monoisotopic (exact) mass is 287 g/mol. The molecule has 0 spiro atoms. The van der Waals surface area contributed by atoms with Crippen LogP contribution >= 0.6 is 11.6 Å². The third-order valence-electron chi connectivity index (χ3n) is 2.88. The molecule has 0 saturated carbocycles. The molecule has 0 aliphatic rings. The van der Waals surface area contributed by atoms with E-state index < -0.39 is 0 Å². The number of halogens is 1. The van der Waals surface area contributed by atoms with Gasteiger partial charge in [-0.25, -0.2) is 0 Å². The van der Waals surface area contributed by atoms with Crippen LogP contribution in [0, 0.1) is 0 Å². The van der Waals surface area contributed by atoms with Crippen LogP contribution in [0.4, 0.5) is 0 Å². The van der Waals surface area contributed by atoms with Crippen molar-refractivity contribution in [3.8, 4) is 0 Å². The minimum atomic E-state index is -0.0891. The van der Waals surface area contributed by atoms with Gasteiger partial charge in [0.05, 0.1) is 5.71 Å². The summed E-state index contributed by atoms with van der Waals surface area (Å²) >= 11 is 6.01. The highest BCUT2D eigenvalue weighted by Crippen LogP contribution is 2.20. The highest BCUT2D eigenvalue weighted by Gasteiger charge is 2.16. The van der Waals surface area contributed by atoms with Gasteiger partial charge in [0, 0.05) is 21.7 Å². The van der Waals surface area contributed by atoms with Gasteiger partial charge in [-0.3, -0.25) is 4.79 Å². The van der Waals surface area contributed by atoms with E-state index in [1.807, 2.05) is 18.2 Å². The Labute approximate surface area is 122 Å². The van der Waals surface area contributed by atoms with Crippen molar-refractivity contribution in [2.45, 2.75) is 6.92 Å². The second-order valence-corrected chi connectivity index (χ2v) is 4.68. The number of benzene rings is 2. The molecule has 0 radical (unpaired) electrons. The van der Waals surface area contributed by atoms with Gasteiger partial charge < -0.3 is 4.84 Å². The zero-order valence-corrected chi connectivity index (χ0v) is 12.0. The summed E-state index contributed by atoms with van der Waals surface area (Å²) in [5.74, 6) is -0.0891. The molecule has 4 heteroatoms. The van der Waals surface area contributed by atoms with Crippen molar-refractivity contribution in [3.05, 3.63) is 70.2 Å². The second-order valence-electron chi connectivity index (χ2n) is 4.24. The number of rotatable bonds is 4. The number of carbonyl (C=O) groups excluding carboxylic acids is 1. The first kappa shape index (κ1) is 14.3. The minimum Gasteiger partial charge on any atom is -0.399 e. The predicted molar refractivity (Wildman–Crippen MR) is 80.5 cm³/mol. The van der Waals surface area contributed by atoms with Crippen molar-refractivity contribution in [2.24, 2.45) is 5.16 Å². The first-order valence-corrected chi connectivity index (χ1v) is 6.48. The fourth-order valence-corrected chi connectivity index (χ4v) is 2.12. The second kappa shape index (κ2) is 6.35. The van der Waals surface area contributed by atoms with Crippen LogP contribution in [-0.4, -0.2) is 18.6 Å². The van der Waals surface area contributed by atoms with Crippen LogP contribution in [-0.2, 0) is 4.84 Å². The average molecular weight is 288 g/mol. The summed E-state index contributed by atoms with van der Waals surface area (Å²) in [5.41, 5.74) is 2.47. The van der Waals surface area contributed by atoms with E-state index in [0.29, 0.717) is 27.4 Å². The molecule has 3 nitrogen and oxygen atoms in total. The Bertz CT molecular complexity index is 651. The summed E-state index contributed by atoms with van der Waals surface area (Å²) in [7, 11) is 1.47. The maximum atomic E-state index is 12.6. The standard InChI is InChI=1S/C16H14ClNO2/c1-11(18-20-2)14-9-8-13(17)10-15(14)16(19)12-6-4-3-5-7-12/h3-10H,1-2H3/b18-11+. The zero-order valence-electron chi connectivity index (χ0n) is 11.3. The molecule has 2 aromatic carbocycles. The molecule has 0 N–H and O–H groups in total. The normalized spacial score (nSPS) is 11.2. The van der Waals surface area contributed by atoms with Gasteiger partial charge in [0.2, 0.25) is 0 Å². The smallest absolute Gasteiger partial charge is 0.193 e. The maximum Gasteiger partial charge on any atom is 0.193 e. The first-order valence-electron chi connectivity index (χ1n) is 6.11. The molecule has 0 unspecified atom stereocenters. The van der Waals surface area contributed by atoms with Crippen LogP contribution in [0.5, 0.6) is 0 Å². The van der Waals surface area contributed by atoms with Crippen LogP contribution in [0.1, 0.15) is 28.4 Å². The Hall–Kier alpha value is -2.13. The van der Waals surface area contributed by atoms with E-state index in [0.717, 1.165) is 0 Å². The lowest BCUT2D eigenvalue weighted by Crippen LogP contribution is -2.09. The third kappa shape index (κ3) is 3.06. The maximum absolute atomic E-state index is 12.6. The molecule has 0 saturated heterocycles. The van der Waals surface area contributed by atoms with Gasteiger partial charge in [-0.15, -0.1) is 0 Å². The molecule has 2 rings (SSSR count). The third-order valence-corrected chi connectivity index (χ3v) is 3.12. The van der Waals surface area contributed by atoms with Crippen molar-refractivity contribution in [2.75, 3.05) is 7.11 Å². The number of nitrogens with zero attached hydrogens (tertiary/aromatic N) is 1. The molecular weight excluding hydrogens is 274 g/mol. The van der Waals surface area contributed by atoms with Gasteiger partial charge in [-0.1, -0.05) is 53.2 Å². The summed E-state index contributed by atoms with van der Waals surface area (Å²) in [6, 6.07) is 14.2. The van der Waals surface area contributed by atoms with Gasteiger partial charge in [0.25, 0.3) is 0 Å². The lowest BCUT2D eigenvalue weighted by atomic mass is 9.96. The van der Waals surface area contributed by atoms with Crippen LogP contribution in [0.2, 0.25) is 5.02 Å². The van der Waals surface area contributed by atoms with E-state index in [9.17, 15) is 4.79 Å². The Morgan fingerprint density at radius 3 is 2.45 bits per heavy atom. The van der Waals surface area contributed by atoms with E-state index in [1.165, 1.54) is 7.11 Å². The van der Waals surface area contributed by atoms with Crippen LogP contribution < -0.4 is 0 Å². The molecule has 0 atom stereocenters. The van der Waals surface area contributed by atoms with Gasteiger partial charge in [0.1, 0.15) is 7.11 Å². The molecule has 0 aliphatic carbocycles. The van der Waals surface area contributed by atoms with Crippen LogP contribution in [0.3, 0.4) is 0 Å². The molecule has 0 aromatic heterocycles. The lowest BCUT2D eigenvalue weighted by Gasteiger charge is -2.09. The van der Waals surface area contributed by atoms with Crippen molar-refractivity contribution in [1.29, 1.82) is 0 Å². The van der Waals surface area contributed by atoms with E-state index in [4.69, 9.17) is 16.4 Å². The Morgan fingerprint density at radius 1 is 1.10 bits per heavy atom. The van der Waals surface area contributed by atoms with E-state index in [2.05, 4.69) is 5.16 Å². The molecule has 0 heterocycles. The van der Waals surface area contributed by atoms with E-state index in [-0.39, 0.29) is 5.78 Å².